The van der Waals surface area contributed by atoms with Gasteiger partial charge in [0.25, 0.3) is 0 Å². The number of nitrogens with zero attached hydrogens (tertiary/aromatic N) is 1. The molecule has 168 valence electrons. The Bertz CT molecular complexity index is 992. The van der Waals surface area contributed by atoms with E-state index in [-0.39, 0.29) is 18.2 Å². The summed E-state index contributed by atoms with van der Waals surface area (Å²) in [5.74, 6) is -0.0479. The van der Waals surface area contributed by atoms with Gasteiger partial charge in [-0.25, -0.2) is 12.7 Å². The first-order valence-corrected chi connectivity index (χ1v) is 12.6. The molecule has 1 amide bonds. The van der Waals surface area contributed by atoms with Crippen molar-refractivity contribution in [2.45, 2.75) is 32.1 Å². The van der Waals surface area contributed by atoms with E-state index in [0.717, 1.165) is 11.3 Å². The Morgan fingerprint density at radius 3 is 2.48 bits per heavy atom. The van der Waals surface area contributed by atoms with Gasteiger partial charge in [0.1, 0.15) is 5.75 Å². The van der Waals surface area contributed by atoms with E-state index in [2.05, 4.69) is 5.32 Å². The maximum atomic E-state index is 13.0. The zero-order valence-electron chi connectivity index (χ0n) is 17.3. The Balaban J connectivity index is 1.59. The SMILES string of the molecule is CCOc1ccc(CNC(=O)C2CCCN(S(=O)(=O)Cc3c(Cl)cccc3Cl)C2)cc1. The summed E-state index contributed by atoms with van der Waals surface area (Å²) in [6.45, 7) is 3.43. The average Bonchev–Trinajstić information content (AvgIpc) is 2.76. The van der Waals surface area contributed by atoms with Gasteiger partial charge in [-0.3, -0.25) is 4.79 Å². The number of benzene rings is 2. The molecule has 1 fully saturated rings. The topological polar surface area (TPSA) is 75.7 Å². The maximum absolute atomic E-state index is 13.0. The van der Waals surface area contributed by atoms with Crippen LogP contribution in [0.4, 0.5) is 0 Å². The van der Waals surface area contributed by atoms with Gasteiger partial charge in [0.15, 0.2) is 0 Å². The smallest absolute Gasteiger partial charge is 0.224 e. The molecule has 2 aromatic rings. The molecule has 1 N–H and O–H groups in total. The Morgan fingerprint density at radius 1 is 1.16 bits per heavy atom. The molecular weight excluding hydrogens is 459 g/mol. The number of sulfonamides is 1. The van der Waals surface area contributed by atoms with Gasteiger partial charge in [0.2, 0.25) is 15.9 Å². The lowest BCUT2D eigenvalue weighted by atomic mass is 9.99. The van der Waals surface area contributed by atoms with Crippen LogP contribution in [0.25, 0.3) is 0 Å². The molecule has 1 aliphatic heterocycles. The van der Waals surface area contributed by atoms with Crippen LogP contribution in [0.15, 0.2) is 42.5 Å². The molecule has 0 spiro atoms. The Hall–Kier alpha value is -1.80. The number of hydrogen-bond acceptors (Lipinski definition) is 4. The minimum Gasteiger partial charge on any atom is -0.494 e. The van der Waals surface area contributed by atoms with Crippen molar-refractivity contribution in [3.8, 4) is 5.75 Å². The lowest BCUT2D eigenvalue weighted by Crippen LogP contribution is -2.45. The number of amides is 1. The number of ether oxygens (including phenoxy) is 1. The van der Waals surface area contributed by atoms with E-state index in [9.17, 15) is 13.2 Å². The zero-order valence-corrected chi connectivity index (χ0v) is 19.6. The highest BCUT2D eigenvalue weighted by molar-refractivity contribution is 7.88. The van der Waals surface area contributed by atoms with Crippen LogP contribution >= 0.6 is 23.2 Å². The van der Waals surface area contributed by atoms with Gasteiger partial charge in [0, 0.05) is 35.2 Å². The van der Waals surface area contributed by atoms with Crippen molar-refractivity contribution in [2.24, 2.45) is 5.92 Å². The summed E-state index contributed by atoms with van der Waals surface area (Å²) < 4.78 is 32.7. The fourth-order valence-corrected chi connectivity index (χ4v) is 5.92. The quantitative estimate of drug-likeness (QED) is 0.607. The highest BCUT2D eigenvalue weighted by Gasteiger charge is 2.33. The van der Waals surface area contributed by atoms with Gasteiger partial charge in [-0.15, -0.1) is 0 Å². The van der Waals surface area contributed by atoms with Gasteiger partial charge in [-0.05, 0) is 49.6 Å². The summed E-state index contributed by atoms with van der Waals surface area (Å²) >= 11 is 12.3. The Labute approximate surface area is 193 Å². The second-order valence-corrected chi connectivity index (χ2v) is 10.2. The second-order valence-electron chi connectivity index (χ2n) is 7.45. The first kappa shape index (κ1) is 23.9. The molecule has 6 nitrogen and oxygen atoms in total. The van der Waals surface area contributed by atoms with E-state index >= 15 is 0 Å². The molecular formula is C22H26Cl2N2O4S. The van der Waals surface area contributed by atoms with Crippen LogP contribution in [0.5, 0.6) is 5.75 Å². The predicted octanol–water partition coefficient (Wildman–Crippen LogP) is 4.25. The third-order valence-electron chi connectivity index (χ3n) is 5.24. The average molecular weight is 485 g/mol. The summed E-state index contributed by atoms with van der Waals surface area (Å²) in [6, 6.07) is 12.4. The number of hydrogen-bond donors (Lipinski definition) is 1. The minimum atomic E-state index is -3.65. The monoisotopic (exact) mass is 484 g/mol. The summed E-state index contributed by atoms with van der Waals surface area (Å²) in [7, 11) is -3.65. The van der Waals surface area contributed by atoms with Crippen LogP contribution in [-0.2, 0) is 27.1 Å². The van der Waals surface area contributed by atoms with E-state index in [1.54, 1.807) is 18.2 Å². The fraction of sp³-hybridized carbons (Fsp3) is 0.409. The first-order valence-electron chi connectivity index (χ1n) is 10.2. The van der Waals surface area contributed by atoms with Crippen molar-refractivity contribution in [1.82, 2.24) is 9.62 Å². The Kier molecular flexibility index (Phi) is 8.22. The molecule has 0 aromatic heterocycles. The van der Waals surface area contributed by atoms with Crippen molar-refractivity contribution in [3.05, 3.63) is 63.6 Å². The molecule has 0 aliphatic carbocycles. The van der Waals surface area contributed by atoms with Gasteiger partial charge in [0.05, 0.1) is 18.3 Å². The largest absolute Gasteiger partial charge is 0.494 e. The summed E-state index contributed by atoms with van der Waals surface area (Å²) in [6.07, 6.45) is 1.27. The molecule has 2 aromatic carbocycles. The normalized spacial score (nSPS) is 17.3. The molecule has 1 heterocycles. The number of nitrogens with one attached hydrogen (secondary N) is 1. The molecule has 9 heteroatoms. The van der Waals surface area contributed by atoms with Crippen molar-refractivity contribution in [3.63, 3.8) is 0 Å². The van der Waals surface area contributed by atoms with Crippen LogP contribution in [-0.4, -0.2) is 38.3 Å². The number of rotatable bonds is 8. The van der Waals surface area contributed by atoms with Crippen molar-refractivity contribution in [2.75, 3.05) is 19.7 Å². The third-order valence-corrected chi connectivity index (χ3v) is 7.72. The van der Waals surface area contributed by atoms with Crippen molar-refractivity contribution in [1.29, 1.82) is 0 Å². The van der Waals surface area contributed by atoms with Gasteiger partial charge in [-0.2, -0.15) is 0 Å². The van der Waals surface area contributed by atoms with Gasteiger partial charge >= 0.3 is 0 Å². The lowest BCUT2D eigenvalue weighted by Gasteiger charge is -2.31. The summed E-state index contributed by atoms with van der Waals surface area (Å²) in [5.41, 5.74) is 1.33. The summed E-state index contributed by atoms with van der Waals surface area (Å²) in [4.78, 5) is 12.7. The molecule has 1 aliphatic rings. The van der Waals surface area contributed by atoms with Crippen LogP contribution in [0.1, 0.15) is 30.9 Å². The molecule has 1 atom stereocenters. The van der Waals surface area contributed by atoms with E-state index in [1.807, 2.05) is 31.2 Å². The Morgan fingerprint density at radius 2 is 1.84 bits per heavy atom. The number of carbonyl (C=O) groups excluding carboxylic acids is 1. The van der Waals surface area contributed by atoms with Crippen LogP contribution in [0, 0.1) is 5.92 Å². The summed E-state index contributed by atoms with van der Waals surface area (Å²) in [5, 5.41) is 3.55. The molecule has 0 radical (unpaired) electrons. The van der Waals surface area contributed by atoms with Crippen LogP contribution in [0.3, 0.4) is 0 Å². The molecule has 0 bridgehead atoms. The number of carbonyl (C=O) groups is 1. The van der Waals surface area contributed by atoms with E-state index < -0.39 is 15.9 Å². The highest BCUT2D eigenvalue weighted by atomic mass is 35.5. The van der Waals surface area contributed by atoms with Crippen LogP contribution in [0.2, 0.25) is 10.0 Å². The minimum absolute atomic E-state index is 0.149. The molecule has 0 saturated carbocycles. The van der Waals surface area contributed by atoms with Crippen molar-refractivity contribution >= 4 is 39.1 Å². The second kappa shape index (κ2) is 10.7. The first-order chi connectivity index (χ1) is 14.8. The molecule has 1 saturated heterocycles. The number of halogens is 2. The molecule has 1 unspecified atom stereocenters. The fourth-order valence-electron chi connectivity index (χ4n) is 3.56. The predicted molar refractivity (Wildman–Crippen MR) is 123 cm³/mol. The van der Waals surface area contributed by atoms with Crippen molar-refractivity contribution < 1.29 is 17.9 Å². The number of piperidine rings is 1. The van der Waals surface area contributed by atoms with Gasteiger partial charge in [-0.1, -0.05) is 41.4 Å². The zero-order chi connectivity index (χ0) is 22.4. The molecule has 31 heavy (non-hydrogen) atoms. The van der Waals surface area contributed by atoms with Gasteiger partial charge < -0.3 is 10.1 Å². The van der Waals surface area contributed by atoms with Crippen LogP contribution < -0.4 is 10.1 Å². The maximum Gasteiger partial charge on any atom is 0.224 e. The third kappa shape index (κ3) is 6.35. The standard InChI is InChI=1S/C22H26Cl2N2O4S/c1-2-30-18-10-8-16(9-11-18)13-25-22(27)17-5-4-12-26(14-17)31(28,29)15-19-20(23)6-3-7-21(19)24/h3,6-11,17H,2,4-5,12-15H2,1H3,(H,25,27). The van der Waals surface area contributed by atoms with E-state index in [4.69, 9.17) is 27.9 Å². The van der Waals surface area contributed by atoms with E-state index in [1.165, 1.54) is 4.31 Å². The lowest BCUT2D eigenvalue weighted by molar-refractivity contribution is -0.126. The van der Waals surface area contributed by atoms with E-state index in [0.29, 0.717) is 48.1 Å². The molecule has 3 rings (SSSR count). The highest BCUT2D eigenvalue weighted by Crippen LogP contribution is 2.29.